The molecular formula is C28H29N3O. The van der Waals surface area contributed by atoms with Crippen LogP contribution in [0.2, 0.25) is 0 Å². The van der Waals surface area contributed by atoms with Crippen molar-refractivity contribution in [2.24, 2.45) is 0 Å². The summed E-state index contributed by atoms with van der Waals surface area (Å²) in [5, 5.41) is 3.06. The molecule has 4 nitrogen and oxygen atoms in total. The number of aryl methyl sites for hydroxylation is 3. The van der Waals surface area contributed by atoms with Crippen molar-refractivity contribution in [2.45, 2.75) is 33.2 Å². The number of imidazole rings is 1. The molecule has 1 N–H and O–H groups in total. The quantitative estimate of drug-likeness (QED) is 0.368. The molecule has 1 heterocycles. The van der Waals surface area contributed by atoms with Gasteiger partial charge in [0.2, 0.25) is 0 Å². The summed E-state index contributed by atoms with van der Waals surface area (Å²) >= 11 is 0. The first kappa shape index (κ1) is 21.6. The lowest BCUT2D eigenvalue weighted by Crippen LogP contribution is -2.25. The number of aromatic nitrogens is 2. The number of fused-ring (bicyclic) bond motifs is 1. The van der Waals surface area contributed by atoms with Gasteiger partial charge in [-0.05, 0) is 49.6 Å². The number of carbonyl (C=O) groups is 1. The summed E-state index contributed by atoms with van der Waals surface area (Å²) in [6.07, 6.45) is 5.96. The van der Waals surface area contributed by atoms with E-state index in [1.807, 2.05) is 56.3 Å². The summed E-state index contributed by atoms with van der Waals surface area (Å²) in [6.45, 7) is 5.40. The first-order valence-corrected chi connectivity index (χ1v) is 11.1. The number of amides is 1. The van der Waals surface area contributed by atoms with Crippen LogP contribution in [0.3, 0.4) is 0 Å². The van der Waals surface area contributed by atoms with Gasteiger partial charge in [0.25, 0.3) is 5.91 Å². The highest BCUT2D eigenvalue weighted by Gasteiger charge is 2.11. The van der Waals surface area contributed by atoms with Crippen LogP contribution in [0, 0.1) is 13.8 Å². The van der Waals surface area contributed by atoms with Crippen molar-refractivity contribution in [3.63, 3.8) is 0 Å². The highest BCUT2D eigenvalue weighted by Crippen LogP contribution is 2.18. The standard InChI is InChI=1S/C28H29N3O/c1-21-16-17-24(22(2)20-21)28(32)29-18-8-15-27-30-25-13-6-7-14-26(25)31(27)19-9-12-23-10-4-3-5-11-23/h3-7,9-14,16-17,20H,8,15,18-19H2,1-2H3,(H,29,32)/b12-9+. The van der Waals surface area contributed by atoms with Gasteiger partial charge in [-0.25, -0.2) is 4.98 Å². The fourth-order valence-electron chi connectivity index (χ4n) is 3.99. The number of hydrogen-bond donors (Lipinski definition) is 1. The molecule has 3 aromatic carbocycles. The third-order valence-corrected chi connectivity index (χ3v) is 5.62. The Morgan fingerprint density at radius 2 is 1.78 bits per heavy atom. The summed E-state index contributed by atoms with van der Waals surface area (Å²) in [5.41, 5.74) is 6.25. The van der Waals surface area contributed by atoms with E-state index in [1.165, 1.54) is 11.1 Å². The Morgan fingerprint density at radius 1 is 1.00 bits per heavy atom. The van der Waals surface area contributed by atoms with Gasteiger partial charge in [0.05, 0.1) is 11.0 Å². The zero-order valence-corrected chi connectivity index (χ0v) is 18.7. The van der Waals surface area contributed by atoms with Crippen LogP contribution in [0.4, 0.5) is 0 Å². The summed E-state index contributed by atoms with van der Waals surface area (Å²) in [6, 6.07) is 24.5. The lowest BCUT2D eigenvalue weighted by Gasteiger charge is -2.09. The molecule has 4 rings (SSSR count). The molecule has 0 saturated heterocycles. The SMILES string of the molecule is Cc1ccc(C(=O)NCCCc2nc3ccccc3n2C/C=C/c2ccccc2)c(C)c1. The number of nitrogens with one attached hydrogen (secondary N) is 1. The van der Waals surface area contributed by atoms with Crippen LogP contribution in [0.5, 0.6) is 0 Å². The fourth-order valence-corrected chi connectivity index (χ4v) is 3.99. The minimum absolute atomic E-state index is 0.0122. The van der Waals surface area contributed by atoms with Crippen molar-refractivity contribution in [1.29, 1.82) is 0 Å². The zero-order valence-electron chi connectivity index (χ0n) is 18.7. The van der Waals surface area contributed by atoms with E-state index in [9.17, 15) is 4.79 Å². The first-order valence-electron chi connectivity index (χ1n) is 11.1. The number of nitrogens with zero attached hydrogens (tertiary/aromatic N) is 2. The maximum atomic E-state index is 12.5. The molecule has 162 valence electrons. The predicted molar refractivity (Wildman–Crippen MR) is 132 cm³/mol. The van der Waals surface area contributed by atoms with E-state index >= 15 is 0 Å². The molecule has 0 fully saturated rings. The van der Waals surface area contributed by atoms with Crippen molar-refractivity contribution in [3.8, 4) is 0 Å². The average molecular weight is 424 g/mol. The van der Waals surface area contributed by atoms with Crippen LogP contribution < -0.4 is 5.32 Å². The molecule has 1 amide bonds. The van der Waals surface area contributed by atoms with Crippen molar-refractivity contribution >= 4 is 23.0 Å². The van der Waals surface area contributed by atoms with Crippen molar-refractivity contribution < 1.29 is 4.79 Å². The molecule has 0 atom stereocenters. The fraction of sp³-hybridized carbons (Fsp3) is 0.214. The van der Waals surface area contributed by atoms with E-state index < -0.39 is 0 Å². The molecule has 0 aliphatic carbocycles. The van der Waals surface area contributed by atoms with E-state index in [-0.39, 0.29) is 5.91 Å². The largest absolute Gasteiger partial charge is 0.352 e. The highest BCUT2D eigenvalue weighted by atomic mass is 16.1. The normalized spacial score (nSPS) is 11.3. The first-order chi connectivity index (χ1) is 15.6. The van der Waals surface area contributed by atoms with E-state index in [2.05, 4.69) is 52.4 Å². The monoisotopic (exact) mass is 423 g/mol. The maximum absolute atomic E-state index is 12.5. The second kappa shape index (κ2) is 10.1. The molecule has 32 heavy (non-hydrogen) atoms. The number of hydrogen-bond acceptors (Lipinski definition) is 2. The van der Waals surface area contributed by atoms with Gasteiger partial charge in [-0.15, -0.1) is 0 Å². The smallest absolute Gasteiger partial charge is 0.251 e. The molecule has 4 aromatic rings. The molecule has 0 spiro atoms. The Balaban J connectivity index is 1.40. The van der Waals surface area contributed by atoms with Gasteiger partial charge < -0.3 is 9.88 Å². The molecule has 0 bridgehead atoms. The molecule has 0 aliphatic rings. The predicted octanol–water partition coefficient (Wildman–Crippen LogP) is 5.73. The Bertz CT molecular complexity index is 1240. The van der Waals surface area contributed by atoms with Crippen LogP contribution in [0.1, 0.15) is 39.3 Å². The molecule has 4 heteroatoms. The zero-order chi connectivity index (χ0) is 22.3. The third-order valence-electron chi connectivity index (χ3n) is 5.62. The van der Waals surface area contributed by atoms with Crippen LogP contribution in [0.25, 0.3) is 17.1 Å². The van der Waals surface area contributed by atoms with Gasteiger partial charge in [0, 0.05) is 25.1 Å². The van der Waals surface area contributed by atoms with Crippen molar-refractivity contribution in [1.82, 2.24) is 14.9 Å². The van der Waals surface area contributed by atoms with Crippen molar-refractivity contribution in [3.05, 3.63) is 107 Å². The second-order valence-corrected chi connectivity index (χ2v) is 8.12. The van der Waals surface area contributed by atoms with E-state index in [1.54, 1.807) is 0 Å². The van der Waals surface area contributed by atoms with Crippen LogP contribution in [0.15, 0.2) is 78.9 Å². The number of para-hydroxylation sites is 2. The molecular weight excluding hydrogens is 394 g/mol. The lowest BCUT2D eigenvalue weighted by atomic mass is 10.1. The average Bonchev–Trinajstić information content (AvgIpc) is 3.15. The molecule has 0 saturated carbocycles. The maximum Gasteiger partial charge on any atom is 0.251 e. The Morgan fingerprint density at radius 3 is 2.59 bits per heavy atom. The minimum Gasteiger partial charge on any atom is -0.352 e. The second-order valence-electron chi connectivity index (χ2n) is 8.12. The molecule has 0 radical (unpaired) electrons. The Hall–Kier alpha value is -3.66. The number of benzene rings is 3. The van der Waals surface area contributed by atoms with E-state index in [4.69, 9.17) is 4.98 Å². The minimum atomic E-state index is -0.0122. The summed E-state index contributed by atoms with van der Waals surface area (Å²) in [4.78, 5) is 17.4. The third kappa shape index (κ3) is 5.14. The van der Waals surface area contributed by atoms with E-state index in [0.29, 0.717) is 6.54 Å². The molecule has 0 aliphatic heterocycles. The summed E-state index contributed by atoms with van der Waals surface area (Å²) in [5.74, 6) is 1.03. The van der Waals surface area contributed by atoms with Gasteiger partial charge in [0.15, 0.2) is 0 Å². The van der Waals surface area contributed by atoms with Gasteiger partial charge in [-0.2, -0.15) is 0 Å². The summed E-state index contributed by atoms with van der Waals surface area (Å²) < 4.78 is 2.26. The highest BCUT2D eigenvalue weighted by molar-refractivity contribution is 5.95. The topological polar surface area (TPSA) is 46.9 Å². The Kier molecular flexibility index (Phi) is 6.81. The van der Waals surface area contributed by atoms with Crippen LogP contribution in [-0.2, 0) is 13.0 Å². The Labute approximate surface area is 189 Å². The van der Waals surface area contributed by atoms with Gasteiger partial charge in [-0.3, -0.25) is 4.79 Å². The number of carbonyl (C=O) groups excluding carboxylic acids is 1. The lowest BCUT2D eigenvalue weighted by molar-refractivity contribution is 0.0952. The number of rotatable bonds is 8. The number of allylic oxidation sites excluding steroid dienone is 1. The summed E-state index contributed by atoms with van der Waals surface area (Å²) in [7, 11) is 0. The molecule has 0 unspecified atom stereocenters. The van der Waals surface area contributed by atoms with Gasteiger partial charge >= 0.3 is 0 Å². The van der Waals surface area contributed by atoms with E-state index in [0.717, 1.165) is 47.4 Å². The van der Waals surface area contributed by atoms with Gasteiger partial charge in [0.1, 0.15) is 5.82 Å². The van der Waals surface area contributed by atoms with Crippen LogP contribution >= 0.6 is 0 Å². The van der Waals surface area contributed by atoms with Crippen molar-refractivity contribution in [2.75, 3.05) is 6.54 Å². The molecule has 1 aromatic heterocycles. The van der Waals surface area contributed by atoms with Gasteiger partial charge in [-0.1, -0.05) is 72.3 Å². The van der Waals surface area contributed by atoms with Crippen LogP contribution in [-0.4, -0.2) is 22.0 Å².